The fraction of sp³-hybridized carbons (Fsp3) is 0.429. The fourth-order valence-electron chi connectivity index (χ4n) is 4.04. The summed E-state index contributed by atoms with van der Waals surface area (Å²) in [5, 5.41) is 13.7. The van der Waals surface area contributed by atoms with E-state index in [9.17, 15) is 13.5 Å². The molecule has 0 saturated carbocycles. The van der Waals surface area contributed by atoms with Crippen molar-refractivity contribution in [1.29, 1.82) is 0 Å². The normalized spacial score (nSPS) is 18.9. The maximum atomic E-state index is 12.4. The maximum Gasteiger partial charge on any atom is 0.258 e. The van der Waals surface area contributed by atoms with Crippen LogP contribution < -0.4 is 10.5 Å². The molecule has 31 heavy (non-hydrogen) atoms. The lowest BCUT2D eigenvalue weighted by Gasteiger charge is -2.20. The first-order chi connectivity index (χ1) is 14.9. The molecule has 2 aliphatic rings. The van der Waals surface area contributed by atoms with E-state index in [1.54, 1.807) is 12.1 Å². The van der Waals surface area contributed by atoms with Gasteiger partial charge in [-0.3, -0.25) is 0 Å². The number of benzene rings is 1. The molecule has 4 N–H and O–H groups in total. The van der Waals surface area contributed by atoms with Gasteiger partial charge in [0, 0.05) is 23.8 Å². The zero-order chi connectivity index (χ0) is 22.0. The van der Waals surface area contributed by atoms with E-state index in [0.717, 1.165) is 36.0 Å². The number of aromatic nitrogens is 2. The molecule has 0 spiro atoms. The van der Waals surface area contributed by atoms with Crippen LogP contribution in [0.1, 0.15) is 38.4 Å². The average Bonchev–Trinajstić information content (AvgIpc) is 3.38. The van der Waals surface area contributed by atoms with Crippen molar-refractivity contribution in [2.45, 2.75) is 38.6 Å². The van der Waals surface area contributed by atoms with Gasteiger partial charge in [-0.2, -0.15) is 4.98 Å². The number of phenols is 1. The van der Waals surface area contributed by atoms with E-state index in [0.29, 0.717) is 30.3 Å². The maximum absolute atomic E-state index is 12.4. The lowest BCUT2D eigenvalue weighted by Crippen LogP contribution is -2.37. The number of aromatic hydroxyl groups is 1. The van der Waals surface area contributed by atoms with E-state index in [2.05, 4.69) is 20.9 Å². The summed E-state index contributed by atoms with van der Waals surface area (Å²) in [4.78, 5) is 4.51. The molecule has 0 fully saturated rings. The topological polar surface area (TPSA) is 141 Å². The predicted octanol–water partition coefficient (Wildman–Crippen LogP) is 2.62. The highest BCUT2D eigenvalue weighted by atomic mass is 32.2. The molecule has 0 amide bonds. The smallest absolute Gasteiger partial charge is 0.258 e. The van der Waals surface area contributed by atoms with Crippen LogP contribution in [0, 0.1) is 0 Å². The zero-order valence-corrected chi connectivity index (χ0v) is 18.1. The summed E-state index contributed by atoms with van der Waals surface area (Å²) in [5.74, 6) is 0.719. The van der Waals surface area contributed by atoms with Crippen molar-refractivity contribution in [3.8, 4) is 17.2 Å². The molecule has 0 saturated heterocycles. The third-order valence-electron chi connectivity index (χ3n) is 5.54. The average molecular weight is 447 g/mol. The lowest BCUT2D eigenvalue weighted by atomic mass is 9.91. The minimum Gasteiger partial charge on any atom is -0.506 e. The Hall–Kier alpha value is -2.69. The Morgan fingerprint density at radius 2 is 2.19 bits per heavy atom. The second-order valence-electron chi connectivity index (χ2n) is 7.58. The van der Waals surface area contributed by atoms with E-state index in [1.807, 2.05) is 6.92 Å². The largest absolute Gasteiger partial charge is 0.506 e. The zero-order valence-electron chi connectivity index (χ0n) is 17.3. The molecule has 2 aromatic rings. The van der Waals surface area contributed by atoms with Crippen molar-refractivity contribution in [1.82, 2.24) is 14.9 Å². The number of sulfonamides is 1. The van der Waals surface area contributed by atoms with Gasteiger partial charge in [0.2, 0.25) is 15.8 Å². The number of hydrogen-bond acceptors (Lipinski definition) is 8. The molecule has 1 aromatic carbocycles. The van der Waals surface area contributed by atoms with Gasteiger partial charge in [-0.1, -0.05) is 11.2 Å². The third kappa shape index (κ3) is 4.65. The summed E-state index contributed by atoms with van der Waals surface area (Å²) in [6, 6.07) is 4.50. The Labute approximate surface area is 181 Å². The van der Waals surface area contributed by atoms with Gasteiger partial charge in [-0.15, -0.1) is 0 Å². The number of ether oxygens (including phenoxy) is 1. The first-order valence-electron chi connectivity index (χ1n) is 10.3. The Balaban J connectivity index is 1.53. The Morgan fingerprint density at radius 3 is 2.97 bits per heavy atom. The van der Waals surface area contributed by atoms with E-state index >= 15 is 0 Å². The number of anilines is 1. The van der Waals surface area contributed by atoms with Gasteiger partial charge in [-0.05, 0) is 62.0 Å². The highest BCUT2D eigenvalue weighted by molar-refractivity contribution is 7.89. The molecule has 2 aliphatic carbocycles. The van der Waals surface area contributed by atoms with E-state index in [1.165, 1.54) is 6.07 Å². The minimum absolute atomic E-state index is 0.00557. The summed E-state index contributed by atoms with van der Waals surface area (Å²) in [7, 11) is -3.42. The van der Waals surface area contributed by atoms with E-state index < -0.39 is 10.0 Å². The molecule has 0 radical (unpaired) electrons. The number of nitrogens with two attached hydrogens (primary N) is 1. The van der Waals surface area contributed by atoms with E-state index in [-0.39, 0.29) is 29.8 Å². The SMILES string of the molecule is CCOCCS(=O)(=O)N[C@H]1CCC2=C1CCC=C2c1noc(-c2ccc(O)c(N)c2)n1. The van der Waals surface area contributed by atoms with Crippen LogP contribution in [-0.4, -0.2) is 48.7 Å². The predicted molar refractivity (Wildman–Crippen MR) is 116 cm³/mol. The number of allylic oxidation sites excluding steroid dienone is 3. The van der Waals surface area contributed by atoms with Crippen LogP contribution in [0.5, 0.6) is 5.75 Å². The summed E-state index contributed by atoms with van der Waals surface area (Å²) in [6.45, 7) is 2.51. The highest BCUT2D eigenvalue weighted by Crippen LogP contribution is 2.42. The molecular formula is C21H26N4O5S. The molecule has 1 aromatic heterocycles. The van der Waals surface area contributed by atoms with Gasteiger partial charge >= 0.3 is 0 Å². The van der Waals surface area contributed by atoms with Gasteiger partial charge in [0.05, 0.1) is 18.0 Å². The van der Waals surface area contributed by atoms with Gasteiger partial charge in [0.1, 0.15) is 5.75 Å². The van der Waals surface area contributed by atoms with Crippen LogP contribution in [0.2, 0.25) is 0 Å². The van der Waals surface area contributed by atoms with Gasteiger partial charge < -0.3 is 20.1 Å². The van der Waals surface area contributed by atoms with Crippen LogP contribution in [0.3, 0.4) is 0 Å². The molecule has 0 unspecified atom stereocenters. The van der Waals surface area contributed by atoms with Crippen molar-refractivity contribution in [3.05, 3.63) is 41.2 Å². The number of rotatable bonds is 8. The van der Waals surface area contributed by atoms with Crippen molar-refractivity contribution >= 4 is 21.3 Å². The second-order valence-corrected chi connectivity index (χ2v) is 9.46. The monoisotopic (exact) mass is 446 g/mol. The number of nitrogen functional groups attached to an aromatic ring is 1. The van der Waals surface area contributed by atoms with Crippen LogP contribution in [0.4, 0.5) is 5.69 Å². The fourth-order valence-corrected chi connectivity index (χ4v) is 5.19. The third-order valence-corrected chi connectivity index (χ3v) is 6.89. The van der Waals surface area contributed by atoms with Crippen LogP contribution >= 0.6 is 0 Å². The van der Waals surface area contributed by atoms with Crippen molar-refractivity contribution in [2.24, 2.45) is 0 Å². The molecule has 4 rings (SSSR count). The van der Waals surface area contributed by atoms with Crippen LogP contribution in [-0.2, 0) is 14.8 Å². The number of hydrogen-bond donors (Lipinski definition) is 3. The van der Waals surface area contributed by atoms with Crippen LogP contribution in [0.25, 0.3) is 17.0 Å². The lowest BCUT2D eigenvalue weighted by molar-refractivity contribution is 0.163. The summed E-state index contributed by atoms with van der Waals surface area (Å²) in [6.07, 6.45) is 5.10. The summed E-state index contributed by atoms with van der Waals surface area (Å²) >= 11 is 0. The number of phenolic OH excluding ortho intramolecular Hbond substituents is 1. The molecule has 0 bridgehead atoms. The first kappa shape index (κ1) is 21.5. The van der Waals surface area contributed by atoms with Crippen molar-refractivity contribution in [2.75, 3.05) is 24.7 Å². The van der Waals surface area contributed by atoms with Gasteiger partial charge in [0.15, 0.2) is 0 Å². The summed E-state index contributed by atoms with van der Waals surface area (Å²) < 4.78 is 38.2. The Morgan fingerprint density at radius 1 is 1.35 bits per heavy atom. The quantitative estimate of drug-likeness (QED) is 0.319. The molecule has 166 valence electrons. The van der Waals surface area contributed by atoms with Gasteiger partial charge in [-0.25, -0.2) is 13.1 Å². The number of nitrogens with one attached hydrogen (secondary N) is 1. The first-order valence-corrected chi connectivity index (χ1v) is 12.0. The Kier molecular flexibility index (Phi) is 6.12. The molecule has 1 heterocycles. The van der Waals surface area contributed by atoms with Crippen molar-refractivity contribution in [3.63, 3.8) is 0 Å². The molecule has 9 nitrogen and oxygen atoms in total. The summed E-state index contributed by atoms with van der Waals surface area (Å²) in [5.41, 5.74) is 9.67. The highest BCUT2D eigenvalue weighted by Gasteiger charge is 2.33. The van der Waals surface area contributed by atoms with Crippen LogP contribution in [0.15, 0.2) is 39.9 Å². The minimum atomic E-state index is -3.42. The van der Waals surface area contributed by atoms with E-state index in [4.69, 9.17) is 15.0 Å². The molecule has 1 atom stereocenters. The molecule has 10 heteroatoms. The second kappa shape index (κ2) is 8.81. The Bertz CT molecular complexity index is 1140. The molecular weight excluding hydrogens is 420 g/mol. The van der Waals surface area contributed by atoms with Crippen molar-refractivity contribution < 1.29 is 22.8 Å². The molecule has 0 aliphatic heterocycles. The number of nitrogens with zero attached hydrogens (tertiary/aromatic N) is 2. The van der Waals surface area contributed by atoms with Gasteiger partial charge in [0.25, 0.3) is 5.89 Å². The standard InChI is InChI=1S/C21H26N4O5S/c1-2-29-10-11-31(27,28)25-18-8-7-14-15(18)4-3-5-16(14)20-23-21(30-24-20)13-6-9-19(26)17(22)12-13/h5-6,9,12,18,25-26H,2-4,7-8,10-11,22H2,1H3/t18-/m0/s1.